The first-order valence-electron chi connectivity index (χ1n) is 7.50. The molecule has 0 aromatic heterocycles. The third-order valence-corrected chi connectivity index (χ3v) is 4.76. The van der Waals surface area contributed by atoms with E-state index in [1.807, 2.05) is 29.2 Å². The Balaban J connectivity index is 1.70. The fourth-order valence-corrected chi connectivity index (χ4v) is 3.53. The molecule has 3 rings (SSSR count). The summed E-state index contributed by atoms with van der Waals surface area (Å²) in [6.45, 7) is 2.20. The summed E-state index contributed by atoms with van der Waals surface area (Å²) in [5, 5.41) is 0. The predicted octanol–water partition coefficient (Wildman–Crippen LogP) is 2.81. The first kappa shape index (κ1) is 14.6. The molecule has 112 valence electrons. The van der Waals surface area contributed by atoms with Gasteiger partial charge >= 0.3 is 0 Å². The minimum atomic E-state index is -0.186. The number of nitrogens with zero attached hydrogens (tertiary/aromatic N) is 2. The molecule has 1 unspecified atom stereocenters. The van der Waals surface area contributed by atoms with E-state index in [9.17, 15) is 9.59 Å². The van der Waals surface area contributed by atoms with Gasteiger partial charge in [0.05, 0.1) is 5.92 Å². The van der Waals surface area contributed by atoms with Gasteiger partial charge in [-0.15, -0.1) is 0 Å². The van der Waals surface area contributed by atoms with Crippen molar-refractivity contribution >= 4 is 33.4 Å². The van der Waals surface area contributed by atoms with Crippen LogP contribution in [-0.2, 0) is 9.59 Å². The number of amides is 2. The highest BCUT2D eigenvalue weighted by Gasteiger charge is 2.37. The molecule has 2 heterocycles. The van der Waals surface area contributed by atoms with E-state index in [1.165, 1.54) is 6.42 Å². The Morgan fingerprint density at radius 1 is 1.19 bits per heavy atom. The minimum Gasteiger partial charge on any atom is -0.342 e. The van der Waals surface area contributed by atoms with Crippen LogP contribution in [0.3, 0.4) is 0 Å². The van der Waals surface area contributed by atoms with Crippen molar-refractivity contribution in [2.24, 2.45) is 5.92 Å². The summed E-state index contributed by atoms with van der Waals surface area (Å²) < 4.78 is 0.943. The van der Waals surface area contributed by atoms with Crippen LogP contribution >= 0.6 is 15.9 Å². The van der Waals surface area contributed by atoms with E-state index >= 15 is 0 Å². The minimum absolute atomic E-state index is 0.0449. The van der Waals surface area contributed by atoms with Crippen molar-refractivity contribution in [3.05, 3.63) is 28.7 Å². The van der Waals surface area contributed by atoms with Gasteiger partial charge in [-0.2, -0.15) is 0 Å². The van der Waals surface area contributed by atoms with Crippen molar-refractivity contribution in [1.82, 2.24) is 4.90 Å². The summed E-state index contributed by atoms with van der Waals surface area (Å²) in [4.78, 5) is 28.4. The zero-order chi connectivity index (χ0) is 14.8. The molecule has 1 aromatic rings. The highest BCUT2D eigenvalue weighted by Crippen LogP contribution is 2.28. The fraction of sp³-hybridized carbons (Fsp3) is 0.500. The van der Waals surface area contributed by atoms with Crippen LogP contribution in [0.5, 0.6) is 0 Å². The number of benzene rings is 1. The van der Waals surface area contributed by atoms with Gasteiger partial charge in [0.2, 0.25) is 11.8 Å². The van der Waals surface area contributed by atoms with E-state index in [0.717, 1.165) is 36.1 Å². The van der Waals surface area contributed by atoms with Crippen LogP contribution in [0.1, 0.15) is 25.7 Å². The Bertz CT molecular complexity index is 555. The van der Waals surface area contributed by atoms with Gasteiger partial charge in [-0.25, -0.2) is 0 Å². The van der Waals surface area contributed by atoms with Crippen molar-refractivity contribution in [3.63, 3.8) is 0 Å². The molecule has 2 fully saturated rings. The normalized spacial score (nSPS) is 22.7. The maximum Gasteiger partial charge on any atom is 0.228 e. The number of rotatable bonds is 2. The maximum atomic E-state index is 12.5. The van der Waals surface area contributed by atoms with Gasteiger partial charge in [-0.1, -0.05) is 22.0 Å². The van der Waals surface area contributed by atoms with Gasteiger partial charge in [0.1, 0.15) is 0 Å². The molecule has 0 N–H and O–H groups in total. The molecule has 2 aliphatic heterocycles. The van der Waals surface area contributed by atoms with Crippen LogP contribution in [0.25, 0.3) is 0 Å². The first-order valence-corrected chi connectivity index (χ1v) is 8.29. The lowest BCUT2D eigenvalue weighted by molar-refractivity contribution is -0.136. The van der Waals surface area contributed by atoms with Crippen molar-refractivity contribution in [2.75, 3.05) is 24.5 Å². The molecular formula is C16H19BrN2O2. The molecule has 0 aliphatic carbocycles. The lowest BCUT2D eigenvalue weighted by Crippen LogP contribution is -2.40. The summed E-state index contributed by atoms with van der Waals surface area (Å²) in [7, 11) is 0. The van der Waals surface area contributed by atoms with Gasteiger partial charge in [-0.3, -0.25) is 9.59 Å². The number of hydrogen-bond donors (Lipinski definition) is 0. The second kappa shape index (κ2) is 6.18. The van der Waals surface area contributed by atoms with Crippen LogP contribution in [-0.4, -0.2) is 36.3 Å². The molecule has 2 aliphatic rings. The number of likely N-dealkylation sites (tertiary alicyclic amines) is 1. The number of halogens is 1. The van der Waals surface area contributed by atoms with Gasteiger partial charge in [0, 0.05) is 36.2 Å². The fourth-order valence-electron chi connectivity index (χ4n) is 3.14. The number of anilines is 1. The van der Waals surface area contributed by atoms with Crippen LogP contribution < -0.4 is 4.90 Å². The molecule has 0 saturated carbocycles. The van der Waals surface area contributed by atoms with E-state index in [2.05, 4.69) is 15.9 Å². The zero-order valence-corrected chi connectivity index (χ0v) is 13.5. The molecule has 4 nitrogen and oxygen atoms in total. The number of carbonyl (C=O) groups excluding carboxylic acids is 2. The summed E-state index contributed by atoms with van der Waals surface area (Å²) in [6.07, 6.45) is 3.71. The maximum absolute atomic E-state index is 12.5. The Hall–Kier alpha value is -1.36. The number of hydrogen-bond acceptors (Lipinski definition) is 2. The van der Waals surface area contributed by atoms with E-state index in [1.54, 1.807) is 4.90 Å². The number of piperidine rings is 1. The monoisotopic (exact) mass is 350 g/mol. The van der Waals surface area contributed by atoms with Crippen molar-refractivity contribution in [3.8, 4) is 0 Å². The van der Waals surface area contributed by atoms with Crippen LogP contribution in [0, 0.1) is 5.92 Å². The first-order chi connectivity index (χ1) is 10.1. The van der Waals surface area contributed by atoms with Gasteiger partial charge in [0.25, 0.3) is 0 Å². The van der Waals surface area contributed by atoms with Gasteiger partial charge in [-0.05, 0) is 37.5 Å². The third-order valence-electron chi connectivity index (χ3n) is 4.26. The van der Waals surface area contributed by atoms with Crippen molar-refractivity contribution < 1.29 is 9.59 Å². The standard InChI is InChI=1S/C16H19BrN2O2/c17-13-5-4-6-14(10-13)19-11-12(9-15(19)20)16(21)18-7-2-1-3-8-18/h4-6,10,12H,1-3,7-9,11H2. The van der Waals surface area contributed by atoms with E-state index < -0.39 is 0 Å². The van der Waals surface area contributed by atoms with Crippen molar-refractivity contribution in [2.45, 2.75) is 25.7 Å². The Morgan fingerprint density at radius 2 is 1.95 bits per heavy atom. The van der Waals surface area contributed by atoms with E-state index in [0.29, 0.717) is 13.0 Å². The second-order valence-electron chi connectivity index (χ2n) is 5.77. The highest BCUT2D eigenvalue weighted by molar-refractivity contribution is 9.10. The topological polar surface area (TPSA) is 40.6 Å². The largest absolute Gasteiger partial charge is 0.342 e. The third kappa shape index (κ3) is 3.12. The zero-order valence-electron chi connectivity index (χ0n) is 11.9. The Morgan fingerprint density at radius 3 is 2.67 bits per heavy atom. The van der Waals surface area contributed by atoms with Crippen LogP contribution in [0.4, 0.5) is 5.69 Å². The average Bonchev–Trinajstić information content (AvgIpc) is 2.89. The highest BCUT2D eigenvalue weighted by atomic mass is 79.9. The average molecular weight is 351 g/mol. The molecule has 2 saturated heterocycles. The summed E-state index contributed by atoms with van der Waals surface area (Å²) in [5.41, 5.74) is 0.864. The smallest absolute Gasteiger partial charge is 0.228 e. The molecular weight excluding hydrogens is 332 g/mol. The molecule has 21 heavy (non-hydrogen) atoms. The van der Waals surface area contributed by atoms with Crippen LogP contribution in [0.15, 0.2) is 28.7 Å². The predicted molar refractivity (Wildman–Crippen MR) is 85.0 cm³/mol. The SMILES string of the molecule is O=C(C1CC(=O)N(c2cccc(Br)c2)C1)N1CCCCC1. The molecule has 0 bridgehead atoms. The molecule has 5 heteroatoms. The number of carbonyl (C=O) groups is 2. The van der Waals surface area contributed by atoms with Crippen molar-refractivity contribution in [1.29, 1.82) is 0 Å². The summed E-state index contributed by atoms with van der Waals surface area (Å²) >= 11 is 3.42. The lowest BCUT2D eigenvalue weighted by atomic mass is 10.0. The Labute approximate surface area is 133 Å². The van der Waals surface area contributed by atoms with Crippen LogP contribution in [0.2, 0.25) is 0 Å². The molecule has 2 amide bonds. The molecule has 1 aromatic carbocycles. The van der Waals surface area contributed by atoms with E-state index in [-0.39, 0.29) is 17.7 Å². The lowest BCUT2D eigenvalue weighted by Gasteiger charge is -2.29. The Kier molecular flexibility index (Phi) is 4.29. The second-order valence-corrected chi connectivity index (χ2v) is 6.69. The molecule has 0 spiro atoms. The van der Waals surface area contributed by atoms with E-state index in [4.69, 9.17) is 0 Å². The quantitative estimate of drug-likeness (QED) is 0.822. The summed E-state index contributed by atoms with van der Waals surface area (Å²) in [6, 6.07) is 7.68. The molecule has 0 radical (unpaired) electrons. The van der Waals surface area contributed by atoms with Gasteiger partial charge in [0.15, 0.2) is 0 Å². The molecule has 1 atom stereocenters. The summed E-state index contributed by atoms with van der Waals surface area (Å²) in [5.74, 6) is 0.0126. The van der Waals surface area contributed by atoms with Gasteiger partial charge < -0.3 is 9.80 Å².